The summed E-state index contributed by atoms with van der Waals surface area (Å²) in [6.45, 7) is 6.20. The molecule has 0 fully saturated rings. The molecule has 1 atom stereocenters. The van der Waals surface area contributed by atoms with E-state index >= 15 is 0 Å². The lowest BCUT2D eigenvalue weighted by Crippen LogP contribution is -2.38. The highest BCUT2D eigenvalue weighted by atomic mass is 32.1. The first kappa shape index (κ1) is 14.6. The SMILES string of the molecule is COC(C)(C)CCC(Cc1nc(C)cs1)NN. The number of hydrogen-bond acceptors (Lipinski definition) is 5. The van der Waals surface area contributed by atoms with Gasteiger partial charge < -0.3 is 4.74 Å². The zero-order chi connectivity index (χ0) is 12.9. The Balaban J connectivity index is 2.44. The van der Waals surface area contributed by atoms with E-state index in [0.29, 0.717) is 0 Å². The lowest BCUT2D eigenvalue weighted by molar-refractivity contribution is 0.0117. The van der Waals surface area contributed by atoms with Crippen LogP contribution < -0.4 is 11.3 Å². The van der Waals surface area contributed by atoms with Crippen LogP contribution in [-0.2, 0) is 11.2 Å². The molecule has 0 saturated heterocycles. The second kappa shape index (κ2) is 6.44. The molecule has 1 aromatic heterocycles. The smallest absolute Gasteiger partial charge is 0.0944 e. The van der Waals surface area contributed by atoms with Crippen LogP contribution in [0.25, 0.3) is 0 Å². The molecule has 0 amide bonds. The molecular formula is C12H23N3OS. The summed E-state index contributed by atoms with van der Waals surface area (Å²) in [7, 11) is 1.75. The lowest BCUT2D eigenvalue weighted by Gasteiger charge is -2.25. The number of hydrazine groups is 1. The van der Waals surface area contributed by atoms with Crippen molar-refractivity contribution in [2.45, 2.75) is 51.7 Å². The topological polar surface area (TPSA) is 60.2 Å². The number of ether oxygens (including phenoxy) is 1. The normalized spacial score (nSPS) is 13.9. The Labute approximate surface area is 108 Å². The molecule has 1 aromatic rings. The highest BCUT2D eigenvalue weighted by molar-refractivity contribution is 7.09. The number of methoxy groups -OCH3 is 1. The third-order valence-electron chi connectivity index (χ3n) is 2.97. The van der Waals surface area contributed by atoms with Crippen LogP contribution >= 0.6 is 11.3 Å². The van der Waals surface area contributed by atoms with E-state index in [0.717, 1.165) is 30.0 Å². The van der Waals surface area contributed by atoms with E-state index in [9.17, 15) is 0 Å². The van der Waals surface area contributed by atoms with Crippen LogP contribution in [0, 0.1) is 6.92 Å². The van der Waals surface area contributed by atoms with Gasteiger partial charge in [-0.15, -0.1) is 11.3 Å². The Bertz CT molecular complexity index is 338. The van der Waals surface area contributed by atoms with Crippen molar-refractivity contribution in [3.8, 4) is 0 Å². The summed E-state index contributed by atoms with van der Waals surface area (Å²) < 4.78 is 5.41. The maximum absolute atomic E-state index is 5.58. The van der Waals surface area contributed by atoms with E-state index in [1.54, 1.807) is 18.4 Å². The summed E-state index contributed by atoms with van der Waals surface area (Å²) >= 11 is 1.69. The molecule has 0 spiro atoms. The Kier molecular flexibility index (Phi) is 5.52. The molecule has 98 valence electrons. The van der Waals surface area contributed by atoms with Crippen molar-refractivity contribution < 1.29 is 4.74 Å². The molecular weight excluding hydrogens is 234 g/mol. The van der Waals surface area contributed by atoms with Crippen LogP contribution in [-0.4, -0.2) is 23.7 Å². The summed E-state index contributed by atoms with van der Waals surface area (Å²) in [5.41, 5.74) is 3.86. The maximum atomic E-state index is 5.58. The van der Waals surface area contributed by atoms with Gasteiger partial charge in [-0.05, 0) is 33.6 Å². The van der Waals surface area contributed by atoms with Crippen LogP contribution in [0.2, 0.25) is 0 Å². The number of nitrogens with one attached hydrogen (secondary N) is 1. The first-order valence-corrected chi connectivity index (χ1v) is 6.77. The molecule has 0 aliphatic rings. The van der Waals surface area contributed by atoms with Gasteiger partial charge in [0.25, 0.3) is 0 Å². The number of thiazole rings is 1. The second-order valence-electron chi connectivity index (χ2n) is 4.95. The van der Waals surface area contributed by atoms with E-state index in [1.807, 2.05) is 6.92 Å². The van der Waals surface area contributed by atoms with Crippen LogP contribution in [0.4, 0.5) is 0 Å². The van der Waals surface area contributed by atoms with E-state index in [1.165, 1.54) is 0 Å². The van der Waals surface area contributed by atoms with Crippen LogP contribution in [0.5, 0.6) is 0 Å². The number of hydrogen-bond donors (Lipinski definition) is 2. The van der Waals surface area contributed by atoms with Crippen molar-refractivity contribution in [1.29, 1.82) is 0 Å². The highest BCUT2D eigenvalue weighted by Gasteiger charge is 2.19. The monoisotopic (exact) mass is 257 g/mol. The van der Waals surface area contributed by atoms with Gasteiger partial charge in [-0.2, -0.15) is 0 Å². The fraction of sp³-hybridized carbons (Fsp3) is 0.750. The molecule has 4 nitrogen and oxygen atoms in total. The third-order valence-corrected chi connectivity index (χ3v) is 3.96. The average Bonchev–Trinajstić information content (AvgIpc) is 2.70. The quantitative estimate of drug-likeness (QED) is 0.579. The van der Waals surface area contributed by atoms with Crippen molar-refractivity contribution in [3.63, 3.8) is 0 Å². The van der Waals surface area contributed by atoms with Gasteiger partial charge in [0.1, 0.15) is 0 Å². The Morgan fingerprint density at radius 2 is 2.29 bits per heavy atom. The van der Waals surface area contributed by atoms with Gasteiger partial charge >= 0.3 is 0 Å². The van der Waals surface area contributed by atoms with Gasteiger partial charge in [-0.25, -0.2) is 4.98 Å². The molecule has 1 unspecified atom stereocenters. The molecule has 3 N–H and O–H groups in total. The predicted molar refractivity (Wildman–Crippen MR) is 72.0 cm³/mol. The number of nitrogens with two attached hydrogens (primary N) is 1. The Morgan fingerprint density at radius 1 is 1.59 bits per heavy atom. The van der Waals surface area contributed by atoms with Crippen molar-refractivity contribution in [2.75, 3.05) is 7.11 Å². The number of aromatic nitrogens is 1. The van der Waals surface area contributed by atoms with Gasteiger partial charge in [-0.3, -0.25) is 11.3 Å². The fourth-order valence-electron chi connectivity index (χ4n) is 1.58. The number of aryl methyl sites for hydroxylation is 1. The zero-order valence-electron chi connectivity index (χ0n) is 11.1. The predicted octanol–water partition coefficient (Wildman–Crippen LogP) is 2.03. The summed E-state index contributed by atoms with van der Waals surface area (Å²) in [6, 6.07) is 0.259. The van der Waals surface area contributed by atoms with E-state index in [-0.39, 0.29) is 11.6 Å². The van der Waals surface area contributed by atoms with Gasteiger partial charge in [0.2, 0.25) is 0 Å². The molecule has 0 aliphatic carbocycles. The largest absolute Gasteiger partial charge is 0.379 e. The first-order valence-electron chi connectivity index (χ1n) is 5.89. The first-order chi connectivity index (χ1) is 7.96. The van der Waals surface area contributed by atoms with E-state index in [4.69, 9.17) is 10.6 Å². The summed E-state index contributed by atoms with van der Waals surface area (Å²) in [6.07, 6.45) is 2.84. The molecule has 0 bridgehead atoms. The molecule has 0 aromatic carbocycles. The van der Waals surface area contributed by atoms with Crippen LogP contribution in [0.3, 0.4) is 0 Å². The Morgan fingerprint density at radius 3 is 2.76 bits per heavy atom. The van der Waals surface area contributed by atoms with E-state index < -0.39 is 0 Å². The summed E-state index contributed by atoms with van der Waals surface area (Å²) in [5, 5.41) is 3.21. The minimum atomic E-state index is -0.0894. The number of rotatable bonds is 7. The molecule has 5 heteroatoms. The fourth-order valence-corrected chi connectivity index (χ4v) is 2.43. The lowest BCUT2D eigenvalue weighted by atomic mass is 9.98. The Hall–Kier alpha value is -0.490. The minimum absolute atomic E-state index is 0.0894. The van der Waals surface area contributed by atoms with Gasteiger partial charge in [-0.1, -0.05) is 0 Å². The van der Waals surface area contributed by atoms with Crippen molar-refractivity contribution in [3.05, 3.63) is 16.1 Å². The van der Waals surface area contributed by atoms with Crippen LogP contribution in [0.1, 0.15) is 37.4 Å². The average molecular weight is 257 g/mol. The zero-order valence-corrected chi connectivity index (χ0v) is 11.9. The highest BCUT2D eigenvalue weighted by Crippen LogP contribution is 2.19. The molecule has 1 heterocycles. The molecule has 0 aliphatic heterocycles. The molecule has 17 heavy (non-hydrogen) atoms. The molecule has 1 rings (SSSR count). The van der Waals surface area contributed by atoms with Crippen LogP contribution in [0.15, 0.2) is 5.38 Å². The standard InChI is InChI=1S/C12H23N3OS/c1-9-8-17-11(14-9)7-10(15-13)5-6-12(2,3)16-4/h8,10,15H,5-7,13H2,1-4H3. The summed E-state index contributed by atoms with van der Waals surface area (Å²) in [5.74, 6) is 5.58. The third kappa shape index (κ3) is 5.12. The van der Waals surface area contributed by atoms with Gasteiger partial charge in [0.15, 0.2) is 0 Å². The summed E-state index contributed by atoms with van der Waals surface area (Å²) in [4.78, 5) is 4.45. The molecule has 0 saturated carbocycles. The maximum Gasteiger partial charge on any atom is 0.0944 e. The van der Waals surface area contributed by atoms with Crippen molar-refractivity contribution in [1.82, 2.24) is 10.4 Å². The number of nitrogens with zero attached hydrogens (tertiary/aromatic N) is 1. The van der Waals surface area contributed by atoms with Crippen molar-refractivity contribution in [2.24, 2.45) is 5.84 Å². The van der Waals surface area contributed by atoms with Gasteiger partial charge in [0.05, 0.1) is 10.6 Å². The molecule has 0 radical (unpaired) electrons. The second-order valence-corrected chi connectivity index (χ2v) is 5.90. The van der Waals surface area contributed by atoms with Gasteiger partial charge in [0, 0.05) is 30.6 Å². The van der Waals surface area contributed by atoms with Crippen molar-refractivity contribution >= 4 is 11.3 Å². The minimum Gasteiger partial charge on any atom is -0.379 e. The van der Waals surface area contributed by atoms with E-state index in [2.05, 4.69) is 29.6 Å².